The molecule has 6 heteroatoms. The van der Waals surface area contributed by atoms with Crippen molar-refractivity contribution >= 4 is 111 Å². The molecule has 0 fully saturated rings. The summed E-state index contributed by atoms with van der Waals surface area (Å²) in [5.41, 5.74) is 21.7. The van der Waals surface area contributed by atoms with Gasteiger partial charge < -0.3 is 28.1 Å². The summed E-state index contributed by atoms with van der Waals surface area (Å²) in [4.78, 5) is 5.28. The van der Waals surface area contributed by atoms with E-state index in [2.05, 4.69) is 313 Å². The zero-order valence-corrected chi connectivity index (χ0v) is 45.8. The fourth-order valence-electron chi connectivity index (χ4n) is 15.6. The van der Waals surface area contributed by atoms with Crippen LogP contribution in [0.5, 0.6) is 0 Å². The van der Waals surface area contributed by atoms with Crippen LogP contribution in [0.15, 0.2) is 279 Å². The summed E-state index contributed by atoms with van der Waals surface area (Å²) < 4.78 is 10.1. The number of hydrogen-bond donors (Lipinski definition) is 0. The Morgan fingerprint density at radius 3 is 1.48 bits per heavy atom. The molecule has 0 spiro atoms. The standard InChI is InChI=1S/C78H52N6/c1-2-21-49(22-3-1)82-70-37-16-9-30-60(70)63-41-42-64-61-31-10-18-39-72(61)84(78(64)77(63)82)51-24-20-23-50(45-51)83-71-38-17-8-29-59(71)62-43-44-74-75(76(62)83)65-32-11-19-40-73(65)81(74)54-47-52(79-66-33-12-4-25-55(66)56-26-5-13-34-67(56)79)46-53(48-54)80-68-35-14-6-27-57(68)58-28-7-15-36-69(58)80/h1-43,45-48,55,66,74H,44H2. The highest BCUT2D eigenvalue weighted by Gasteiger charge is 2.41. The highest BCUT2D eigenvalue weighted by molar-refractivity contribution is 6.24. The Bertz CT molecular complexity index is 5470. The first-order valence-corrected chi connectivity index (χ1v) is 29.4. The molecule has 0 radical (unpaired) electrons. The van der Waals surface area contributed by atoms with E-state index in [-0.39, 0.29) is 18.0 Å². The van der Waals surface area contributed by atoms with Crippen LogP contribution >= 0.6 is 0 Å². The van der Waals surface area contributed by atoms with Gasteiger partial charge in [-0.2, -0.15) is 0 Å². The maximum atomic E-state index is 2.68. The summed E-state index contributed by atoms with van der Waals surface area (Å²) in [6.45, 7) is 0. The maximum absolute atomic E-state index is 2.68. The lowest BCUT2D eigenvalue weighted by Gasteiger charge is -2.33. The van der Waals surface area contributed by atoms with E-state index in [0.717, 1.165) is 29.2 Å². The number of nitrogens with zero attached hydrogens (tertiary/aromatic N) is 6. The van der Waals surface area contributed by atoms with Crippen molar-refractivity contribution in [3.8, 4) is 22.7 Å². The molecule has 84 heavy (non-hydrogen) atoms. The summed E-state index contributed by atoms with van der Waals surface area (Å²) in [5, 5.41) is 11.3. The van der Waals surface area contributed by atoms with Gasteiger partial charge in [0.25, 0.3) is 0 Å². The molecule has 15 aromatic rings. The van der Waals surface area contributed by atoms with Crippen LogP contribution in [0.2, 0.25) is 0 Å². The molecule has 2 aliphatic carbocycles. The zero-order valence-electron chi connectivity index (χ0n) is 45.8. The first-order valence-electron chi connectivity index (χ1n) is 29.4. The molecule has 6 nitrogen and oxygen atoms in total. The van der Waals surface area contributed by atoms with Gasteiger partial charge in [-0.3, -0.25) is 0 Å². The van der Waals surface area contributed by atoms with Gasteiger partial charge in [0.15, 0.2) is 0 Å². The molecular weight excluding hydrogens is 1020 g/mol. The maximum Gasteiger partial charge on any atom is 0.0788 e. The lowest BCUT2D eigenvalue weighted by Crippen LogP contribution is -2.40. The fraction of sp³-hybridized carbons (Fsp3) is 0.0513. The van der Waals surface area contributed by atoms with Crippen molar-refractivity contribution in [3.05, 3.63) is 301 Å². The predicted molar refractivity (Wildman–Crippen MR) is 349 cm³/mol. The van der Waals surface area contributed by atoms with Crippen molar-refractivity contribution in [1.29, 1.82) is 0 Å². The molecule has 11 aromatic carbocycles. The van der Waals surface area contributed by atoms with Gasteiger partial charge >= 0.3 is 0 Å². The molecule has 6 heterocycles. The zero-order chi connectivity index (χ0) is 54.7. The first-order chi connectivity index (χ1) is 41.7. The van der Waals surface area contributed by atoms with Crippen molar-refractivity contribution in [2.24, 2.45) is 0 Å². The number of rotatable bonds is 6. The minimum Gasteiger partial charge on any atom is -0.333 e. The Morgan fingerprint density at radius 2 is 0.798 bits per heavy atom. The number of benzene rings is 11. The molecule has 0 saturated carbocycles. The van der Waals surface area contributed by atoms with Gasteiger partial charge in [-0.25, -0.2) is 0 Å². The minimum atomic E-state index is 0.00374. The monoisotopic (exact) mass is 1070 g/mol. The van der Waals surface area contributed by atoms with E-state index in [1.165, 1.54) is 126 Å². The number of hydrogen-bond acceptors (Lipinski definition) is 2. The Morgan fingerprint density at radius 1 is 0.321 bits per heavy atom. The fourth-order valence-corrected chi connectivity index (χ4v) is 15.6. The topological polar surface area (TPSA) is 26.2 Å². The van der Waals surface area contributed by atoms with E-state index in [1.807, 2.05) is 0 Å². The molecule has 3 atom stereocenters. The number of allylic oxidation sites excluding steroid dienone is 2. The van der Waals surface area contributed by atoms with E-state index in [1.54, 1.807) is 0 Å². The van der Waals surface area contributed by atoms with Crippen molar-refractivity contribution < 1.29 is 0 Å². The summed E-state index contributed by atoms with van der Waals surface area (Å²) in [7, 11) is 0. The second kappa shape index (κ2) is 17.4. The van der Waals surface area contributed by atoms with Crippen LogP contribution in [0, 0.1) is 0 Å². The average Bonchev–Trinajstić information content (AvgIpc) is 4.53. The van der Waals surface area contributed by atoms with Crippen LogP contribution < -0.4 is 20.4 Å². The molecular formula is C78H52N6. The number of fused-ring (bicyclic) bond motifs is 19. The minimum absolute atomic E-state index is 0.00374. The van der Waals surface area contributed by atoms with Gasteiger partial charge in [0.1, 0.15) is 0 Å². The highest BCUT2D eigenvalue weighted by atomic mass is 15.2. The first kappa shape index (κ1) is 45.9. The molecule has 0 N–H and O–H groups in total. The Hall–Kier alpha value is -10.8. The normalized spacial score (nSPS) is 16.8. The molecule has 0 amide bonds. The van der Waals surface area contributed by atoms with Crippen molar-refractivity contribution in [2.75, 3.05) is 9.80 Å². The van der Waals surface area contributed by atoms with Crippen LogP contribution in [-0.2, 0) is 0 Å². The smallest absolute Gasteiger partial charge is 0.0788 e. The van der Waals surface area contributed by atoms with Gasteiger partial charge in [0.05, 0.1) is 61.7 Å². The third kappa shape index (κ3) is 6.23. The number of para-hydroxylation sites is 8. The third-order valence-electron chi connectivity index (χ3n) is 18.9. The summed E-state index contributed by atoms with van der Waals surface area (Å²) in [6.07, 6.45) is 12.6. The van der Waals surface area contributed by atoms with E-state index >= 15 is 0 Å². The SMILES string of the molecule is C1=CC2c3ccccc3N(c3cc(N4c5ccccc5C5=c6c(c7ccccc7n6-c6cccc(-n7c8ccccc8c8ccc9c%10ccccc%10n(-c%10ccccc%10)c9c87)c6)=CCC54)cc(-n4c5ccccc5c5ccccc54)c3)C2C=C1. The molecule has 4 aliphatic rings. The average molecular weight is 1070 g/mol. The van der Waals surface area contributed by atoms with Gasteiger partial charge in [0, 0.05) is 99.8 Å². The van der Waals surface area contributed by atoms with Gasteiger partial charge in [-0.1, -0.05) is 194 Å². The van der Waals surface area contributed by atoms with Crippen molar-refractivity contribution in [2.45, 2.75) is 24.4 Å². The largest absolute Gasteiger partial charge is 0.333 e. The van der Waals surface area contributed by atoms with Crippen molar-refractivity contribution in [1.82, 2.24) is 18.3 Å². The van der Waals surface area contributed by atoms with E-state index < -0.39 is 0 Å². The quantitative estimate of drug-likeness (QED) is 0.166. The van der Waals surface area contributed by atoms with Crippen LogP contribution in [0.4, 0.5) is 22.7 Å². The molecule has 4 aromatic heterocycles. The van der Waals surface area contributed by atoms with E-state index in [0.29, 0.717) is 0 Å². The Labute approximate surface area is 484 Å². The lowest BCUT2D eigenvalue weighted by atomic mass is 9.91. The van der Waals surface area contributed by atoms with Gasteiger partial charge in [0.2, 0.25) is 0 Å². The third-order valence-corrected chi connectivity index (χ3v) is 18.9. The second-order valence-electron chi connectivity index (χ2n) is 23.1. The molecule has 0 bridgehead atoms. The van der Waals surface area contributed by atoms with E-state index in [9.17, 15) is 0 Å². The summed E-state index contributed by atoms with van der Waals surface area (Å²) >= 11 is 0. The molecule has 2 aliphatic heterocycles. The summed E-state index contributed by atoms with van der Waals surface area (Å²) in [6, 6.07) is 95.3. The molecule has 0 saturated heterocycles. The van der Waals surface area contributed by atoms with Crippen molar-refractivity contribution in [3.63, 3.8) is 0 Å². The lowest BCUT2D eigenvalue weighted by molar-refractivity contribution is 0.744. The molecule has 394 valence electrons. The Kier molecular flexibility index (Phi) is 9.47. The van der Waals surface area contributed by atoms with Crippen LogP contribution in [0.1, 0.15) is 23.5 Å². The molecule has 3 unspecified atom stereocenters. The second-order valence-corrected chi connectivity index (χ2v) is 23.1. The van der Waals surface area contributed by atoms with Crippen LogP contribution in [-0.4, -0.2) is 30.4 Å². The highest BCUT2D eigenvalue weighted by Crippen LogP contribution is 2.52. The summed E-state index contributed by atoms with van der Waals surface area (Å²) in [5.74, 6) is 0.252. The number of anilines is 4. The number of aromatic nitrogens is 4. The van der Waals surface area contributed by atoms with Crippen LogP contribution in [0.3, 0.4) is 0 Å². The van der Waals surface area contributed by atoms with Gasteiger partial charge in [-0.05, 0) is 103 Å². The van der Waals surface area contributed by atoms with E-state index in [4.69, 9.17) is 0 Å². The predicted octanol–water partition coefficient (Wildman–Crippen LogP) is 17.6. The Balaban J connectivity index is 0.856. The van der Waals surface area contributed by atoms with Crippen LogP contribution in [0.25, 0.3) is 111 Å². The van der Waals surface area contributed by atoms with Gasteiger partial charge in [-0.15, -0.1) is 0 Å². The molecule has 19 rings (SSSR count).